The van der Waals surface area contributed by atoms with Gasteiger partial charge in [-0.15, -0.1) is 0 Å². The number of hydrogen-bond acceptors (Lipinski definition) is 1. The summed E-state index contributed by atoms with van der Waals surface area (Å²) in [4.78, 5) is 3.31. The molecule has 0 saturated carbocycles. The highest BCUT2D eigenvalue weighted by molar-refractivity contribution is 9.10. The summed E-state index contributed by atoms with van der Waals surface area (Å²) in [6.07, 6.45) is 1.97. The first-order valence-corrected chi connectivity index (χ1v) is 6.49. The molecule has 0 aliphatic heterocycles. The van der Waals surface area contributed by atoms with Crippen molar-refractivity contribution in [2.45, 2.75) is 0 Å². The van der Waals surface area contributed by atoms with Crippen LogP contribution in [0.4, 0.5) is 0 Å². The summed E-state index contributed by atoms with van der Waals surface area (Å²) in [6, 6.07) is 14.4. The first kappa shape index (κ1) is 11.4. The third-order valence-electron chi connectivity index (χ3n) is 3.07. The Kier molecular flexibility index (Phi) is 2.84. The maximum absolute atomic E-state index is 5.18. The van der Waals surface area contributed by atoms with Gasteiger partial charge in [0, 0.05) is 21.6 Å². The largest absolute Gasteiger partial charge is 0.497 e. The molecule has 0 spiro atoms. The van der Waals surface area contributed by atoms with Gasteiger partial charge in [-0.2, -0.15) is 0 Å². The van der Waals surface area contributed by atoms with Gasteiger partial charge in [0.25, 0.3) is 0 Å². The number of rotatable bonds is 2. The minimum Gasteiger partial charge on any atom is -0.497 e. The topological polar surface area (TPSA) is 25.0 Å². The average Bonchev–Trinajstić information content (AvgIpc) is 2.81. The van der Waals surface area contributed by atoms with Crippen molar-refractivity contribution in [1.82, 2.24) is 4.98 Å². The van der Waals surface area contributed by atoms with E-state index in [4.69, 9.17) is 4.74 Å². The number of fused-ring (bicyclic) bond motifs is 1. The monoisotopic (exact) mass is 301 g/mol. The van der Waals surface area contributed by atoms with Crippen molar-refractivity contribution in [1.29, 1.82) is 0 Å². The van der Waals surface area contributed by atoms with Gasteiger partial charge >= 0.3 is 0 Å². The summed E-state index contributed by atoms with van der Waals surface area (Å²) in [5.41, 5.74) is 3.52. The Bertz CT molecular complexity index is 685. The van der Waals surface area contributed by atoms with E-state index in [1.54, 1.807) is 7.11 Å². The molecule has 0 amide bonds. The summed E-state index contributed by atoms with van der Waals surface area (Å²) in [7, 11) is 1.68. The van der Waals surface area contributed by atoms with Crippen molar-refractivity contribution in [2.75, 3.05) is 7.11 Å². The Hall–Kier alpha value is -1.74. The fourth-order valence-corrected chi connectivity index (χ4v) is 2.58. The Morgan fingerprint density at radius 3 is 2.56 bits per heavy atom. The molecule has 3 heteroatoms. The van der Waals surface area contributed by atoms with Crippen LogP contribution < -0.4 is 4.74 Å². The molecule has 0 aliphatic carbocycles. The molecule has 18 heavy (non-hydrogen) atoms. The van der Waals surface area contributed by atoms with Crippen LogP contribution in [0.3, 0.4) is 0 Å². The molecule has 1 N–H and O–H groups in total. The molecule has 0 fully saturated rings. The SMILES string of the molecule is COc1ccc(-c2cccc3c(Br)c[nH]c23)cc1. The Morgan fingerprint density at radius 1 is 1.06 bits per heavy atom. The molecule has 1 heterocycles. The molecule has 0 bridgehead atoms. The molecule has 2 nitrogen and oxygen atoms in total. The number of H-pyrrole nitrogens is 1. The zero-order chi connectivity index (χ0) is 12.5. The van der Waals surface area contributed by atoms with E-state index in [0.717, 1.165) is 15.7 Å². The molecule has 3 aromatic rings. The second-order valence-corrected chi connectivity index (χ2v) is 4.95. The van der Waals surface area contributed by atoms with Gasteiger partial charge in [-0.1, -0.05) is 30.3 Å². The number of para-hydroxylation sites is 1. The van der Waals surface area contributed by atoms with Gasteiger partial charge in [0.2, 0.25) is 0 Å². The molecule has 0 aliphatic rings. The van der Waals surface area contributed by atoms with Crippen LogP contribution >= 0.6 is 15.9 Å². The molecule has 1 aromatic heterocycles. The maximum Gasteiger partial charge on any atom is 0.118 e. The van der Waals surface area contributed by atoms with Crippen LogP contribution in [0, 0.1) is 0 Å². The quantitative estimate of drug-likeness (QED) is 0.735. The number of aromatic nitrogens is 1. The summed E-state index contributed by atoms with van der Waals surface area (Å²) in [6.45, 7) is 0. The van der Waals surface area contributed by atoms with Crippen molar-refractivity contribution in [3.63, 3.8) is 0 Å². The number of nitrogens with one attached hydrogen (secondary N) is 1. The van der Waals surface area contributed by atoms with E-state index in [-0.39, 0.29) is 0 Å². The van der Waals surface area contributed by atoms with Crippen molar-refractivity contribution in [2.24, 2.45) is 0 Å². The molecule has 0 atom stereocenters. The third kappa shape index (κ3) is 1.81. The summed E-state index contributed by atoms with van der Waals surface area (Å²) in [5, 5.41) is 1.20. The molecular formula is C15H12BrNO. The van der Waals surface area contributed by atoms with Crippen molar-refractivity contribution < 1.29 is 4.74 Å². The molecule has 3 rings (SSSR count). The van der Waals surface area contributed by atoms with E-state index < -0.39 is 0 Å². The lowest BCUT2D eigenvalue weighted by Gasteiger charge is -2.05. The van der Waals surface area contributed by atoms with Gasteiger partial charge in [-0.3, -0.25) is 0 Å². The Balaban J connectivity index is 2.18. The van der Waals surface area contributed by atoms with E-state index >= 15 is 0 Å². The van der Waals surface area contributed by atoms with E-state index in [0.29, 0.717) is 0 Å². The highest BCUT2D eigenvalue weighted by Crippen LogP contribution is 2.32. The summed E-state index contributed by atoms with van der Waals surface area (Å²) < 4.78 is 6.27. The number of ether oxygens (including phenoxy) is 1. The standard InChI is InChI=1S/C15H12BrNO/c1-18-11-7-5-10(6-8-11)12-3-2-4-13-14(16)9-17-15(12)13/h2-9,17H,1H3. The van der Waals surface area contributed by atoms with Gasteiger partial charge in [-0.05, 0) is 33.6 Å². The fraction of sp³-hybridized carbons (Fsp3) is 0.0667. The van der Waals surface area contributed by atoms with E-state index in [1.165, 1.54) is 16.5 Å². The van der Waals surface area contributed by atoms with Crippen molar-refractivity contribution >= 4 is 26.8 Å². The van der Waals surface area contributed by atoms with Crippen LogP contribution in [0.5, 0.6) is 5.75 Å². The third-order valence-corrected chi connectivity index (χ3v) is 3.72. The van der Waals surface area contributed by atoms with Gasteiger partial charge in [0.1, 0.15) is 5.75 Å². The lowest BCUT2D eigenvalue weighted by Crippen LogP contribution is -1.83. The smallest absolute Gasteiger partial charge is 0.118 e. The van der Waals surface area contributed by atoms with Crippen LogP contribution in [0.2, 0.25) is 0 Å². The molecule has 90 valence electrons. The minimum atomic E-state index is 0.874. The normalized spacial score (nSPS) is 10.8. The van der Waals surface area contributed by atoms with Crippen LogP contribution in [0.1, 0.15) is 0 Å². The highest BCUT2D eigenvalue weighted by atomic mass is 79.9. The summed E-state index contributed by atoms with van der Waals surface area (Å²) >= 11 is 3.55. The van der Waals surface area contributed by atoms with Gasteiger partial charge in [-0.25, -0.2) is 0 Å². The lowest BCUT2D eigenvalue weighted by molar-refractivity contribution is 0.415. The lowest BCUT2D eigenvalue weighted by atomic mass is 10.0. The van der Waals surface area contributed by atoms with Crippen molar-refractivity contribution in [3.05, 3.63) is 53.1 Å². The first-order chi connectivity index (χ1) is 8.79. The predicted molar refractivity (Wildman–Crippen MR) is 78.0 cm³/mol. The zero-order valence-corrected chi connectivity index (χ0v) is 11.5. The number of benzene rings is 2. The Morgan fingerprint density at radius 2 is 1.83 bits per heavy atom. The van der Waals surface area contributed by atoms with Gasteiger partial charge in [0.05, 0.1) is 12.6 Å². The number of methoxy groups -OCH3 is 1. The highest BCUT2D eigenvalue weighted by Gasteiger charge is 2.07. The second-order valence-electron chi connectivity index (χ2n) is 4.09. The predicted octanol–water partition coefficient (Wildman–Crippen LogP) is 4.61. The summed E-state index contributed by atoms with van der Waals surface area (Å²) in [5.74, 6) is 0.874. The van der Waals surface area contributed by atoms with Crippen LogP contribution in [0.25, 0.3) is 22.0 Å². The molecular weight excluding hydrogens is 290 g/mol. The number of aromatic amines is 1. The maximum atomic E-state index is 5.18. The molecule has 0 radical (unpaired) electrons. The van der Waals surface area contributed by atoms with Crippen LogP contribution in [-0.4, -0.2) is 12.1 Å². The number of halogens is 1. The van der Waals surface area contributed by atoms with Crippen LogP contribution in [-0.2, 0) is 0 Å². The zero-order valence-electron chi connectivity index (χ0n) is 9.91. The number of hydrogen-bond donors (Lipinski definition) is 1. The molecule has 0 saturated heterocycles. The molecule has 2 aromatic carbocycles. The molecule has 0 unspecified atom stereocenters. The van der Waals surface area contributed by atoms with E-state index in [1.807, 2.05) is 18.3 Å². The van der Waals surface area contributed by atoms with Gasteiger partial charge < -0.3 is 9.72 Å². The van der Waals surface area contributed by atoms with E-state index in [9.17, 15) is 0 Å². The first-order valence-electron chi connectivity index (χ1n) is 5.69. The fourth-order valence-electron chi connectivity index (χ4n) is 2.13. The van der Waals surface area contributed by atoms with E-state index in [2.05, 4.69) is 51.2 Å². The van der Waals surface area contributed by atoms with Crippen LogP contribution in [0.15, 0.2) is 53.1 Å². The van der Waals surface area contributed by atoms with Gasteiger partial charge in [0.15, 0.2) is 0 Å². The Labute approximate surface area is 114 Å². The second kappa shape index (κ2) is 4.50. The minimum absolute atomic E-state index is 0.874. The average molecular weight is 302 g/mol. The van der Waals surface area contributed by atoms with Crippen molar-refractivity contribution in [3.8, 4) is 16.9 Å².